The lowest BCUT2D eigenvalue weighted by Gasteiger charge is -2.26. The van der Waals surface area contributed by atoms with E-state index in [1.54, 1.807) is 20.8 Å². The molecule has 118 valence electrons. The molecule has 0 bridgehead atoms. The summed E-state index contributed by atoms with van der Waals surface area (Å²) in [6.07, 6.45) is 0. The zero-order valence-corrected chi connectivity index (χ0v) is 13.0. The molecule has 1 rings (SSSR count). The Bertz CT molecular complexity index is 665. The van der Waals surface area contributed by atoms with Gasteiger partial charge in [0.15, 0.2) is 5.82 Å². The van der Waals surface area contributed by atoms with Crippen LogP contribution in [0.2, 0.25) is 0 Å². The van der Waals surface area contributed by atoms with Crippen molar-refractivity contribution >= 4 is 16.0 Å². The van der Waals surface area contributed by atoms with Gasteiger partial charge in [-0.2, -0.15) is 0 Å². The summed E-state index contributed by atoms with van der Waals surface area (Å²) in [7, 11) is -2.99. The molecule has 1 N–H and O–H groups in total. The van der Waals surface area contributed by atoms with Crippen LogP contribution < -0.4 is 0 Å². The fourth-order valence-corrected chi connectivity index (χ4v) is 3.31. The van der Waals surface area contributed by atoms with Gasteiger partial charge in [0.25, 0.3) is 0 Å². The first kappa shape index (κ1) is 17.5. The third-order valence-electron chi connectivity index (χ3n) is 2.65. The van der Waals surface area contributed by atoms with Crippen LogP contribution in [0.5, 0.6) is 0 Å². The highest BCUT2D eigenvalue weighted by Crippen LogP contribution is 2.25. The quantitative estimate of drug-likeness (QED) is 0.923. The van der Waals surface area contributed by atoms with Crippen molar-refractivity contribution in [2.24, 2.45) is 5.41 Å². The number of rotatable bonds is 4. The smallest absolute Gasteiger partial charge is 0.341 e. The van der Waals surface area contributed by atoms with Crippen molar-refractivity contribution in [3.63, 3.8) is 0 Å². The fraction of sp³-hybridized carbons (Fsp3) is 0.462. The molecule has 0 unspecified atom stereocenters. The summed E-state index contributed by atoms with van der Waals surface area (Å²) in [5, 5.41) is 8.77. The van der Waals surface area contributed by atoms with E-state index >= 15 is 0 Å². The molecule has 0 atom stereocenters. The van der Waals surface area contributed by atoms with Gasteiger partial charge in [0, 0.05) is 13.6 Å². The molecule has 0 amide bonds. The van der Waals surface area contributed by atoms with Crippen molar-refractivity contribution in [3.8, 4) is 0 Å². The van der Waals surface area contributed by atoms with Crippen LogP contribution in [0.4, 0.5) is 8.78 Å². The third-order valence-corrected chi connectivity index (χ3v) is 4.48. The maximum absolute atomic E-state index is 14.0. The minimum Gasteiger partial charge on any atom is -0.477 e. The summed E-state index contributed by atoms with van der Waals surface area (Å²) in [5.74, 6) is -4.78. The number of carboxylic acids is 1. The Hall–Kier alpha value is -1.54. The molecule has 21 heavy (non-hydrogen) atoms. The minimum atomic E-state index is -4.25. The predicted octanol–water partition coefficient (Wildman–Crippen LogP) is 2.33. The minimum absolute atomic E-state index is 0.0918. The fourth-order valence-electron chi connectivity index (χ4n) is 1.85. The lowest BCUT2D eigenvalue weighted by Crippen LogP contribution is -2.35. The van der Waals surface area contributed by atoms with E-state index < -0.39 is 38.1 Å². The molecule has 1 aromatic rings. The van der Waals surface area contributed by atoms with Crippen LogP contribution in [0.3, 0.4) is 0 Å². The van der Waals surface area contributed by atoms with Crippen LogP contribution in [0.25, 0.3) is 0 Å². The monoisotopic (exact) mass is 321 g/mol. The molecule has 0 aliphatic heterocycles. The molecule has 0 aliphatic carbocycles. The second-order valence-corrected chi connectivity index (χ2v) is 7.87. The zero-order chi connectivity index (χ0) is 16.6. The third kappa shape index (κ3) is 3.76. The molecule has 0 saturated heterocycles. The van der Waals surface area contributed by atoms with E-state index in [2.05, 4.69) is 0 Å². The van der Waals surface area contributed by atoms with E-state index in [4.69, 9.17) is 5.11 Å². The van der Waals surface area contributed by atoms with E-state index in [9.17, 15) is 22.0 Å². The number of benzene rings is 1. The van der Waals surface area contributed by atoms with Gasteiger partial charge in [-0.1, -0.05) is 20.8 Å². The lowest BCUT2D eigenvalue weighted by molar-refractivity contribution is 0.0685. The number of hydrogen-bond donors (Lipinski definition) is 1. The largest absolute Gasteiger partial charge is 0.477 e. The maximum atomic E-state index is 14.0. The van der Waals surface area contributed by atoms with Gasteiger partial charge in [-0.25, -0.2) is 26.3 Å². The molecule has 1 aromatic carbocycles. The molecule has 0 heterocycles. The highest BCUT2D eigenvalue weighted by atomic mass is 32.2. The molecule has 0 spiro atoms. The second-order valence-electron chi connectivity index (χ2n) is 5.86. The molecule has 0 saturated carbocycles. The molecule has 0 fully saturated rings. The number of carboxylic acid groups (broad SMARTS) is 1. The Morgan fingerprint density at radius 3 is 2.24 bits per heavy atom. The van der Waals surface area contributed by atoms with E-state index in [0.29, 0.717) is 6.07 Å². The van der Waals surface area contributed by atoms with Crippen molar-refractivity contribution in [1.82, 2.24) is 4.31 Å². The van der Waals surface area contributed by atoms with Gasteiger partial charge < -0.3 is 5.11 Å². The van der Waals surface area contributed by atoms with Crippen LogP contribution in [0, 0.1) is 17.0 Å². The van der Waals surface area contributed by atoms with E-state index in [1.165, 1.54) is 7.05 Å². The van der Waals surface area contributed by atoms with Crippen LogP contribution >= 0.6 is 0 Å². The standard InChI is InChI=1S/C13H17F2NO4S/c1-13(2,3)7-16(4)21(19,20)9-6-5-8(14)10(11(9)15)12(17)18/h5-6H,7H2,1-4H3,(H,17,18). The summed E-state index contributed by atoms with van der Waals surface area (Å²) < 4.78 is 52.8. The molecule has 0 radical (unpaired) electrons. The first-order valence-corrected chi connectivity index (χ1v) is 7.49. The topological polar surface area (TPSA) is 74.7 Å². The van der Waals surface area contributed by atoms with Crippen molar-refractivity contribution in [2.45, 2.75) is 25.7 Å². The Labute approximate surface area is 122 Å². The molecular formula is C13H17F2NO4S. The summed E-state index contributed by atoms with van der Waals surface area (Å²) in [5.41, 5.74) is -1.66. The van der Waals surface area contributed by atoms with Crippen molar-refractivity contribution in [3.05, 3.63) is 29.3 Å². The average Bonchev–Trinajstić information content (AvgIpc) is 2.25. The second kappa shape index (κ2) is 5.69. The van der Waals surface area contributed by atoms with Gasteiger partial charge in [-0.3, -0.25) is 0 Å². The van der Waals surface area contributed by atoms with Crippen molar-refractivity contribution in [2.75, 3.05) is 13.6 Å². The van der Waals surface area contributed by atoms with Gasteiger partial charge in [0.05, 0.1) is 0 Å². The molecular weight excluding hydrogens is 304 g/mol. The van der Waals surface area contributed by atoms with Crippen LogP contribution in [-0.2, 0) is 10.0 Å². The van der Waals surface area contributed by atoms with Crippen molar-refractivity contribution in [1.29, 1.82) is 0 Å². The molecule has 5 nitrogen and oxygen atoms in total. The van der Waals surface area contributed by atoms with Gasteiger partial charge in [0.1, 0.15) is 16.3 Å². The zero-order valence-electron chi connectivity index (χ0n) is 12.1. The van der Waals surface area contributed by atoms with Crippen LogP contribution in [0.1, 0.15) is 31.1 Å². The number of sulfonamides is 1. The van der Waals surface area contributed by atoms with Crippen LogP contribution in [-0.4, -0.2) is 37.4 Å². The average molecular weight is 321 g/mol. The first-order chi connectivity index (χ1) is 9.38. The number of hydrogen-bond acceptors (Lipinski definition) is 3. The maximum Gasteiger partial charge on any atom is 0.341 e. The molecule has 0 aliphatic rings. The van der Waals surface area contributed by atoms with Crippen molar-refractivity contribution < 1.29 is 27.1 Å². The van der Waals surface area contributed by atoms with E-state index in [-0.39, 0.29) is 12.0 Å². The molecule has 0 aromatic heterocycles. The van der Waals surface area contributed by atoms with E-state index in [0.717, 1.165) is 10.4 Å². The molecule has 8 heteroatoms. The number of carbonyl (C=O) groups is 1. The summed E-state index contributed by atoms with van der Waals surface area (Å²) in [6.45, 7) is 5.47. The summed E-state index contributed by atoms with van der Waals surface area (Å²) in [6, 6.07) is 1.36. The normalized spacial score (nSPS) is 12.7. The van der Waals surface area contributed by atoms with Gasteiger partial charge in [-0.05, 0) is 17.5 Å². The Kier molecular flexibility index (Phi) is 4.74. The predicted molar refractivity (Wildman–Crippen MR) is 72.6 cm³/mol. The highest BCUT2D eigenvalue weighted by molar-refractivity contribution is 7.89. The Morgan fingerprint density at radius 1 is 1.29 bits per heavy atom. The summed E-state index contributed by atoms with van der Waals surface area (Å²) >= 11 is 0. The van der Waals surface area contributed by atoms with Gasteiger partial charge >= 0.3 is 5.97 Å². The number of halogens is 2. The SMILES string of the molecule is CN(CC(C)(C)C)S(=O)(=O)c1ccc(F)c(C(=O)O)c1F. The van der Waals surface area contributed by atoms with Gasteiger partial charge in [-0.15, -0.1) is 0 Å². The van der Waals surface area contributed by atoms with Gasteiger partial charge in [0.2, 0.25) is 10.0 Å². The Morgan fingerprint density at radius 2 is 1.81 bits per heavy atom. The summed E-state index contributed by atoms with van der Waals surface area (Å²) in [4.78, 5) is 9.98. The number of aromatic carboxylic acids is 1. The van der Waals surface area contributed by atoms with Crippen LogP contribution in [0.15, 0.2) is 17.0 Å². The lowest BCUT2D eigenvalue weighted by atomic mass is 9.97. The highest BCUT2D eigenvalue weighted by Gasteiger charge is 2.31. The Balaban J connectivity index is 3.40. The first-order valence-electron chi connectivity index (χ1n) is 6.05. The number of nitrogens with zero attached hydrogens (tertiary/aromatic N) is 1. The van der Waals surface area contributed by atoms with E-state index in [1.807, 2.05) is 0 Å².